The number of carbonyl (C=O) groups excluding carboxylic acids is 1. The van der Waals surface area contributed by atoms with Crippen LogP contribution in [0.4, 0.5) is 5.69 Å². The number of aromatic amines is 1. The zero-order valence-electron chi connectivity index (χ0n) is 9.71. The van der Waals surface area contributed by atoms with Gasteiger partial charge < -0.3 is 16.0 Å². The fraction of sp³-hybridized carbons (Fsp3) is 0.0833. The first kappa shape index (κ1) is 11.9. The van der Waals surface area contributed by atoms with Gasteiger partial charge in [-0.2, -0.15) is 0 Å². The maximum absolute atomic E-state index is 11.4. The maximum atomic E-state index is 11.4. The average Bonchev–Trinajstić information content (AvgIpc) is 2.65. The van der Waals surface area contributed by atoms with Crippen molar-refractivity contribution >= 4 is 23.4 Å². The number of hydrogen-bond donors (Lipinski definition) is 3. The van der Waals surface area contributed by atoms with Gasteiger partial charge in [-0.25, -0.2) is 4.98 Å². The second-order valence-corrected chi connectivity index (χ2v) is 5.12. The van der Waals surface area contributed by atoms with E-state index in [4.69, 9.17) is 5.73 Å². The van der Waals surface area contributed by atoms with Crippen LogP contribution in [0.3, 0.4) is 0 Å². The average molecular weight is 274 g/mol. The summed E-state index contributed by atoms with van der Waals surface area (Å²) in [7, 11) is 0. The largest absolute Gasteiger partial charge is 0.324 e. The minimum absolute atomic E-state index is 0.200. The molecule has 0 spiro atoms. The number of nitrogens with zero attached hydrogens (tertiary/aromatic N) is 1. The standard InChI is InChI=1S/C12H10N4O2S/c13-10-7-2-1-6(5-8(7)15-11(10)18)19-12-14-4-3-9(17)16-12/h1-5,10H,13H2,(H,15,18)(H,14,16,17). The van der Waals surface area contributed by atoms with Crippen LogP contribution in [0.15, 0.2) is 45.3 Å². The number of H-pyrrole nitrogens is 1. The lowest BCUT2D eigenvalue weighted by Crippen LogP contribution is -2.19. The van der Waals surface area contributed by atoms with Gasteiger partial charge in [0.2, 0.25) is 5.91 Å². The van der Waals surface area contributed by atoms with Crippen molar-refractivity contribution in [2.45, 2.75) is 16.1 Å². The van der Waals surface area contributed by atoms with Gasteiger partial charge in [0.25, 0.3) is 5.56 Å². The van der Waals surface area contributed by atoms with Crippen LogP contribution in [0.25, 0.3) is 0 Å². The molecule has 2 aromatic rings. The highest BCUT2D eigenvalue weighted by Gasteiger charge is 2.26. The van der Waals surface area contributed by atoms with Gasteiger partial charge in [-0.05, 0) is 12.1 Å². The number of nitrogens with one attached hydrogen (secondary N) is 2. The third kappa shape index (κ3) is 2.25. The molecule has 3 rings (SSSR count). The molecule has 0 saturated carbocycles. The Morgan fingerprint density at radius 1 is 1.26 bits per heavy atom. The van der Waals surface area contributed by atoms with E-state index in [1.54, 1.807) is 6.07 Å². The van der Waals surface area contributed by atoms with E-state index in [1.165, 1.54) is 24.0 Å². The lowest BCUT2D eigenvalue weighted by Gasteiger charge is -2.04. The molecule has 19 heavy (non-hydrogen) atoms. The topological polar surface area (TPSA) is 101 Å². The molecule has 1 aromatic carbocycles. The van der Waals surface area contributed by atoms with E-state index < -0.39 is 6.04 Å². The monoisotopic (exact) mass is 274 g/mol. The zero-order valence-corrected chi connectivity index (χ0v) is 10.5. The highest BCUT2D eigenvalue weighted by Crippen LogP contribution is 2.34. The van der Waals surface area contributed by atoms with E-state index in [1.807, 2.05) is 12.1 Å². The van der Waals surface area contributed by atoms with Crippen molar-refractivity contribution in [3.05, 3.63) is 46.4 Å². The Hall–Kier alpha value is -2.12. The van der Waals surface area contributed by atoms with Gasteiger partial charge in [0.1, 0.15) is 6.04 Å². The molecule has 7 heteroatoms. The maximum Gasteiger partial charge on any atom is 0.251 e. The Morgan fingerprint density at radius 2 is 2.11 bits per heavy atom. The second kappa shape index (κ2) is 4.52. The van der Waals surface area contributed by atoms with Crippen LogP contribution in [-0.4, -0.2) is 15.9 Å². The molecule has 1 aliphatic heterocycles. The lowest BCUT2D eigenvalue weighted by molar-refractivity contribution is -0.116. The van der Waals surface area contributed by atoms with E-state index in [2.05, 4.69) is 15.3 Å². The quantitative estimate of drug-likeness (QED) is 0.705. The summed E-state index contributed by atoms with van der Waals surface area (Å²) in [5.74, 6) is -0.205. The molecule has 0 aliphatic carbocycles. The second-order valence-electron chi connectivity index (χ2n) is 4.06. The van der Waals surface area contributed by atoms with Crippen LogP contribution in [0.5, 0.6) is 0 Å². The van der Waals surface area contributed by atoms with Crippen molar-refractivity contribution < 1.29 is 4.79 Å². The van der Waals surface area contributed by atoms with Crippen LogP contribution >= 0.6 is 11.8 Å². The molecule has 0 bridgehead atoms. The molecule has 96 valence electrons. The van der Waals surface area contributed by atoms with Crippen molar-refractivity contribution in [3.8, 4) is 0 Å². The van der Waals surface area contributed by atoms with Gasteiger partial charge in [-0.1, -0.05) is 17.8 Å². The number of aromatic nitrogens is 2. The van der Waals surface area contributed by atoms with Crippen LogP contribution in [0, 0.1) is 0 Å². The number of benzene rings is 1. The Labute approximate surface area is 112 Å². The van der Waals surface area contributed by atoms with Crippen molar-refractivity contribution in [2.75, 3.05) is 5.32 Å². The SMILES string of the molecule is NC1C(=O)Nc2cc(Sc3nccc(=O)[nH]3)ccc21. The highest BCUT2D eigenvalue weighted by atomic mass is 32.2. The molecule has 4 N–H and O–H groups in total. The summed E-state index contributed by atoms with van der Waals surface area (Å²) in [5.41, 5.74) is 7.02. The van der Waals surface area contributed by atoms with Gasteiger partial charge in [-0.15, -0.1) is 0 Å². The number of rotatable bonds is 2. The number of nitrogens with two attached hydrogens (primary N) is 1. The summed E-state index contributed by atoms with van der Waals surface area (Å²) in [6.07, 6.45) is 1.45. The van der Waals surface area contributed by atoms with Crippen molar-refractivity contribution in [1.29, 1.82) is 0 Å². The molecule has 2 heterocycles. The molecular weight excluding hydrogens is 264 g/mol. The molecule has 1 aliphatic rings. The third-order valence-corrected chi connectivity index (χ3v) is 3.65. The predicted molar refractivity (Wildman–Crippen MR) is 71.0 cm³/mol. The lowest BCUT2D eigenvalue weighted by atomic mass is 10.1. The summed E-state index contributed by atoms with van der Waals surface area (Å²) < 4.78 is 0. The molecule has 1 aromatic heterocycles. The number of anilines is 1. The fourth-order valence-electron chi connectivity index (χ4n) is 1.85. The highest BCUT2D eigenvalue weighted by molar-refractivity contribution is 7.99. The minimum atomic E-state index is -0.608. The minimum Gasteiger partial charge on any atom is -0.324 e. The molecule has 1 unspecified atom stereocenters. The van der Waals surface area contributed by atoms with Crippen molar-refractivity contribution in [1.82, 2.24) is 9.97 Å². The molecule has 6 nitrogen and oxygen atoms in total. The smallest absolute Gasteiger partial charge is 0.251 e. The van der Waals surface area contributed by atoms with Gasteiger partial charge in [0.15, 0.2) is 5.16 Å². The van der Waals surface area contributed by atoms with Gasteiger partial charge in [-0.3, -0.25) is 9.59 Å². The van der Waals surface area contributed by atoms with E-state index in [-0.39, 0.29) is 11.5 Å². The van der Waals surface area contributed by atoms with E-state index in [0.717, 1.165) is 10.5 Å². The Kier molecular flexibility index (Phi) is 2.84. The summed E-state index contributed by atoms with van der Waals surface area (Å²) in [6.45, 7) is 0. The normalized spacial score (nSPS) is 17.1. The summed E-state index contributed by atoms with van der Waals surface area (Å²) in [5, 5.41) is 3.22. The number of fused-ring (bicyclic) bond motifs is 1. The van der Waals surface area contributed by atoms with Gasteiger partial charge >= 0.3 is 0 Å². The van der Waals surface area contributed by atoms with E-state index in [9.17, 15) is 9.59 Å². The molecular formula is C12H10N4O2S. The van der Waals surface area contributed by atoms with E-state index >= 15 is 0 Å². The van der Waals surface area contributed by atoms with Crippen LogP contribution in [-0.2, 0) is 4.79 Å². The van der Waals surface area contributed by atoms with Crippen LogP contribution in [0.2, 0.25) is 0 Å². The third-order valence-electron chi connectivity index (χ3n) is 2.76. The Balaban J connectivity index is 1.90. The summed E-state index contributed by atoms with van der Waals surface area (Å²) >= 11 is 1.31. The Bertz CT molecular complexity index is 713. The molecule has 0 fully saturated rings. The number of amides is 1. The summed E-state index contributed by atoms with van der Waals surface area (Å²) in [4.78, 5) is 30.2. The zero-order chi connectivity index (χ0) is 13.4. The first-order chi connectivity index (χ1) is 9.13. The van der Waals surface area contributed by atoms with E-state index in [0.29, 0.717) is 10.8 Å². The van der Waals surface area contributed by atoms with Crippen molar-refractivity contribution in [2.24, 2.45) is 5.73 Å². The molecule has 1 amide bonds. The van der Waals surface area contributed by atoms with Crippen LogP contribution in [0.1, 0.15) is 11.6 Å². The first-order valence-electron chi connectivity index (χ1n) is 5.57. The molecule has 0 saturated heterocycles. The number of carbonyl (C=O) groups is 1. The number of hydrogen-bond acceptors (Lipinski definition) is 5. The summed E-state index contributed by atoms with van der Waals surface area (Å²) in [6, 6.07) is 6.21. The first-order valence-corrected chi connectivity index (χ1v) is 6.39. The van der Waals surface area contributed by atoms with Crippen LogP contribution < -0.4 is 16.6 Å². The fourth-order valence-corrected chi connectivity index (χ4v) is 2.65. The molecule has 1 atom stereocenters. The predicted octanol–water partition coefficient (Wildman–Crippen LogP) is 0.873. The van der Waals surface area contributed by atoms with Gasteiger partial charge in [0, 0.05) is 28.4 Å². The molecule has 0 radical (unpaired) electrons. The van der Waals surface area contributed by atoms with Gasteiger partial charge in [0.05, 0.1) is 0 Å². The Morgan fingerprint density at radius 3 is 2.89 bits per heavy atom. The van der Waals surface area contributed by atoms with Crippen molar-refractivity contribution in [3.63, 3.8) is 0 Å².